The molecule has 126 valence electrons. The SMILES string of the molecule is CC(=O)C(C)N1C(=CC2=[N+](C)c3ccccc3C2)Cc2ccccc21. The van der Waals surface area contributed by atoms with Gasteiger partial charge in [0.1, 0.15) is 7.05 Å². The van der Waals surface area contributed by atoms with Crippen LogP contribution in [0.4, 0.5) is 11.4 Å². The molecule has 1 atom stereocenters. The maximum atomic E-state index is 12.1. The lowest BCUT2D eigenvalue weighted by molar-refractivity contribution is -0.400. The Labute approximate surface area is 148 Å². The van der Waals surface area contributed by atoms with E-state index in [9.17, 15) is 4.79 Å². The Balaban J connectivity index is 1.76. The number of ketones is 1. The largest absolute Gasteiger partial charge is 0.334 e. The summed E-state index contributed by atoms with van der Waals surface area (Å²) < 4.78 is 2.27. The third-order valence-electron chi connectivity index (χ3n) is 5.40. The molecule has 2 aliphatic rings. The second kappa shape index (κ2) is 5.99. The molecular formula is C22H23N2O+. The van der Waals surface area contributed by atoms with Gasteiger partial charge in [-0.1, -0.05) is 36.4 Å². The third-order valence-corrected chi connectivity index (χ3v) is 5.40. The van der Waals surface area contributed by atoms with Crippen LogP contribution in [0.2, 0.25) is 0 Å². The van der Waals surface area contributed by atoms with Crippen molar-refractivity contribution in [3.8, 4) is 0 Å². The van der Waals surface area contributed by atoms with E-state index in [1.54, 1.807) is 6.92 Å². The monoisotopic (exact) mass is 331 g/mol. The molecule has 0 saturated carbocycles. The van der Waals surface area contributed by atoms with E-state index in [4.69, 9.17) is 0 Å². The average Bonchev–Trinajstić information content (AvgIpc) is 3.12. The highest BCUT2D eigenvalue weighted by molar-refractivity contribution is 5.98. The van der Waals surface area contributed by atoms with Crippen LogP contribution in [0, 0.1) is 0 Å². The van der Waals surface area contributed by atoms with E-state index in [1.807, 2.05) is 13.0 Å². The number of nitrogens with zero attached hydrogens (tertiary/aromatic N) is 2. The molecule has 2 aliphatic heterocycles. The fraction of sp³-hybridized carbons (Fsp3) is 0.273. The number of para-hydroxylation sites is 2. The Morgan fingerprint density at radius 2 is 1.76 bits per heavy atom. The van der Waals surface area contributed by atoms with Crippen LogP contribution in [-0.2, 0) is 17.6 Å². The van der Waals surface area contributed by atoms with Crippen LogP contribution in [0.1, 0.15) is 25.0 Å². The number of fused-ring (bicyclic) bond motifs is 2. The smallest absolute Gasteiger partial charge is 0.208 e. The normalized spacial score (nSPS) is 18.5. The van der Waals surface area contributed by atoms with Crippen LogP contribution in [-0.4, -0.2) is 29.2 Å². The summed E-state index contributed by atoms with van der Waals surface area (Å²) in [6, 6.07) is 16.8. The molecule has 0 bridgehead atoms. The predicted octanol–water partition coefficient (Wildman–Crippen LogP) is 3.88. The van der Waals surface area contributed by atoms with Crippen molar-refractivity contribution in [2.45, 2.75) is 32.7 Å². The number of rotatable bonds is 3. The van der Waals surface area contributed by atoms with Gasteiger partial charge in [0.25, 0.3) is 0 Å². The van der Waals surface area contributed by atoms with Crippen LogP contribution >= 0.6 is 0 Å². The van der Waals surface area contributed by atoms with Crippen molar-refractivity contribution < 1.29 is 9.37 Å². The summed E-state index contributed by atoms with van der Waals surface area (Å²) in [7, 11) is 2.12. The zero-order chi connectivity index (χ0) is 17.6. The number of carbonyl (C=O) groups is 1. The van der Waals surface area contributed by atoms with Gasteiger partial charge < -0.3 is 4.90 Å². The zero-order valence-electron chi connectivity index (χ0n) is 15.0. The van der Waals surface area contributed by atoms with E-state index in [0.717, 1.165) is 18.5 Å². The highest BCUT2D eigenvalue weighted by atomic mass is 16.1. The van der Waals surface area contributed by atoms with Gasteiger partial charge in [-0.3, -0.25) is 4.79 Å². The first-order valence-corrected chi connectivity index (χ1v) is 8.82. The minimum atomic E-state index is -0.149. The molecule has 2 aromatic rings. The van der Waals surface area contributed by atoms with Gasteiger partial charge in [-0.2, -0.15) is 4.58 Å². The summed E-state index contributed by atoms with van der Waals surface area (Å²) in [5.74, 6) is 0.190. The Hall–Kier alpha value is -2.68. The van der Waals surface area contributed by atoms with Crippen LogP contribution in [0.15, 0.2) is 60.3 Å². The number of allylic oxidation sites excluding steroid dienone is 2. The zero-order valence-corrected chi connectivity index (χ0v) is 15.0. The molecule has 2 heterocycles. The molecule has 3 nitrogen and oxygen atoms in total. The van der Waals surface area contributed by atoms with E-state index in [0.29, 0.717) is 0 Å². The minimum Gasteiger partial charge on any atom is -0.334 e. The van der Waals surface area contributed by atoms with Crippen LogP contribution in [0.25, 0.3) is 0 Å². The molecule has 0 fully saturated rings. The Bertz CT molecular complexity index is 923. The fourth-order valence-corrected chi connectivity index (χ4v) is 3.89. The van der Waals surface area contributed by atoms with E-state index in [-0.39, 0.29) is 11.8 Å². The summed E-state index contributed by atoms with van der Waals surface area (Å²) in [6.07, 6.45) is 4.09. The number of carbonyl (C=O) groups excluding carboxylic acids is 1. The van der Waals surface area contributed by atoms with Gasteiger partial charge in [0.15, 0.2) is 11.5 Å². The van der Waals surface area contributed by atoms with Crippen LogP contribution in [0.3, 0.4) is 0 Å². The summed E-state index contributed by atoms with van der Waals surface area (Å²) >= 11 is 0. The van der Waals surface area contributed by atoms with Gasteiger partial charge in [0, 0.05) is 35.5 Å². The van der Waals surface area contributed by atoms with Crippen molar-refractivity contribution in [3.63, 3.8) is 0 Å². The molecule has 0 spiro atoms. The van der Waals surface area contributed by atoms with Gasteiger partial charge in [-0.15, -0.1) is 0 Å². The van der Waals surface area contributed by atoms with E-state index in [2.05, 4.69) is 65.1 Å². The summed E-state index contributed by atoms with van der Waals surface area (Å²) in [4.78, 5) is 14.3. The first-order valence-electron chi connectivity index (χ1n) is 8.82. The van der Waals surface area contributed by atoms with Crippen molar-refractivity contribution >= 4 is 22.9 Å². The molecule has 25 heavy (non-hydrogen) atoms. The Kier molecular flexibility index (Phi) is 3.79. The molecule has 0 radical (unpaired) electrons. The standard InChI is InChI=1S/C22H23N2O/c1-15(16(2)25)24-20(13-18-9-5-7-11-22(18)24)14-19-12-17-8-4-6-10-21(17)23(19)3/h4-11,14-15H,12-13H2,1-3H3/q+1. The molecule has 0 aromatic heterocycles. The molecule has 0 N–H and O–H groups in total. The highest BCUT2D eigenvalue weighted by Gasteiger charge is 2.32. The summed E-state index contributed by atoms with van der Waals surface area (Å²) in [5, 5.41) is 0. The number of hydrogen-bond acceptors (Lipinski definition) is 2. The lowest BCUT2D eigenvalue weighted by Crippen LogP contribution is -2.35. The van der Waals surface area contributed by atoms with Crippen molar-refractivity contribution in [2.75, 3.05) is 11.9 Å². The Morgan fingerprint density at radius 1 is 1.08 bits per heavy atom. The quantitative estimate of drug-likeness (QED) is 0.797. The lowest BCUT2D eigenvalue weighted by atomic mass is 10.1. The molecule has 4 rings (SSSR count). The summed E-state index contributed by atoms with van der Waals surface area (Å²) in [6.45, 7) is 3.67. The van der Waals surface area contributed by atoms with Crippen molar-refractivity contribution in [1.29, 1.82) is 0 Å². The molecule has 3 heteroatoms. The predicted molar refractivity (Wildman–Crippen MR) is 102 cm³/mol. The minimum absolute atomic E-state index is 0.149. The Morgan fingerprint density at radius 3 is 2.48 bits per heavy atom. The molecular weight excluding hydrogens is 308 g/mol. The average molecular weight is 331 g/mol. The van der Waals surface area contributed by atoms with Crippen molar-refractivity contribution in [3.05, 3.63) is 71.4 Å². The molecule has 0 aliphatic carbocycles. The lowest BCUT2D eigenvalue weighted by Gasteiger charge is -2.26. The topological polar surface area (TPSA) is 23.3 Å². The molecule has 2 aromatic carbocycles. The van der Waals surface area contributed by atoms with E-state index >= 15 is 0 Å². The number of anilines is 1. The van der Waals surface area contributed by atoms with Crippen molar-refractivity contribution in [2.24, 2.45) is 0 Å². The molecule has 1 unspecified atom stereocenters. The van der Waals surface area contributed by atoms with Gasteiger partial charge >= 0.3 is 0 Å². The highest BCUT2D eigenvalue weighted by Crippen LogP contribution is 2.37. The number of Topliss-reactive ketones (excluding diaryl/α,β-unsaturated/α-hetero) is 1. The first-order chi connectivity index (χ1) is 12.1. The van der Waals surface area contributed by atoms with Crippen LogP contribution in [0.5, 0.6) is 0 Å². The first kappa shape index (κ1) is 15.8. The second-order valence-electron chi connectivity index (χ2n) is 6.95. The second-order valence-corrected chi connectivity index (χ2v) is 6.95. The number of hydrogen-bond donors (Lipinski definition) is 0. The van der Waals surface area contributed by atoms with Gasteiger partial charge in [-0.05, 0) is 25.5 Å². The van der Waals surface area contributed by atoms with Crippen molar-refractivity contribution in [1.82, 2.24) is 0 Å². The van der Waals surface area contributed by atoms with Crippen LogP contribution < -0.4 is 4.90 Å². The van der Waals surface area contributed by atoms with E-state index < -0.39 is 0 Å². The molecule has 0 saturated heterocycles. The maximum Gasteiger partial charge on any atom is 0.208 e. The van der Waals surface area contributed by atoms with E-state index in [1.165, 1.54) is 28.2 Å². The van der Waals surface area contributed by atoms with Gasteiger partial charge in [0.2, 0.25) is 5.69 Å². The van der Waals surface area contributed by atoms with Gasteiger partial charge in [-0.25, -0.2) is 0 Å². The fourth-order valence-electron chi connectivity index (χ4n) is 3.89. The number of benzene rings is 2. The maximum absolute atomic E-state index is 12.1. The third kappa shape index (κ3) is 2.60. The van der Waals surface area contributed by atoms with Gasteiger partial charge in [0.05, 0.1) is 12.5 Å². The summed E-state index contributed by atoms with van der Waals surface area (Å²) in [5.41, 5.74) is 7.58. The molecule has 0 amide bonds.